The zero-order valence-corrected chi connectivity index (χ0v) is 32.2. The van der Waals surface area contributed by atoms with E-state index in [0.29, 0.717) is 24.4 Å². The number of rotatable bonds is 10. The van der Waals surface area contributed by atoms with E-state index in [-0.39, 0.29) is 23.8 Å². The van der Waals surface area contributed by atoms with E-state index in [1.165, 1.54) is 65.4 Å². The van der Waals surface area contributed by atoms with Crippen LogP contribution < -0.4 is 4.74 Å². The molecule has 7 heteroatoms. The Morgan fingerprint density at radius 3 is 2.34 bits per heavy atom. The fourth-order valence-corrected chi connectivity index (χ4v) is 11.1. The quantitative estimate of drug-likeness (QED) is 0.154. The van der Waals surface area contributed by atoms with Crippen molar-refractivity contribution in [2.24, 2.45) is 5.41 Å². The predicted molar refractivity (Wildman–Crippen MR) is 212 cm³/mol. The molecule has 0 spiro atoms. The summed E-state index contributed by atoms with van der Waals surface area (Å²) in [7, 11) is 6.07. The van der Waals surface area contributed by atoms with Crippen molar-refractivity contribution in [1.29, 1.82) is 0 Å². The van der Waals surface area contributed by atoms with Crippen molar-refractivity contribution >= 4 is 22.6 Å². The lowest BCUT2D eigenvalue weighted by atomic mass is 9.81. The number of carbonyl (C=O) groups is 2. The second kappa shape index (κ2) is 13.7. The Balaban J connectivity index is 1.10. The fourth-order valence-electron chi connectivity index (χ4n) is 11.1. The Bertz CT molecular complexity index is 2020. The SMILES string of the molecule is COc1ccc2c(c1)C1CC1(C(=O)N1C3CCC1CC(N(CCN(C)C)Cc1ccccc1)C3)Cn1c-2c(C2CCCCC2)c2ccc(C(C)=O)cc21. The summed E-state index contributed by atoms with van der Waals surface area (Å²) in [5.41, 5.74) is 7.96. The highest BCUT2D eigenvalue weighted by Gasteiger charge is 2.65. The van der Waals surface area contributed by atoms with E-state index >= 15 is 4.79 Å². The molecule has 3 aliphatic heterocycles. The highest BCUT2D eigenvalue weighted by atomic mass is 16.5. The number of methoxy groups -OCH3 is 1. The van der Waals surface area contributed by atoms with Crippen LogP contribution in [-0.2, 0) is 17.9 Å². The van der Waals surface area contributed by atoms with Gasteiger partial charge in [-0.3, -0.25) is 14.5 Å². The summed E-state index contributed by atoms with van der Waals surface area (Å²) in [6.45, 7) is 5.33. The summed E-state index contributed by atoms with van der Waals surface area (Å²) >= 11 is 0. The minimum Gasteiger partial charge on any atom is -0.497 e. The van der Waals surface area contributed by atoms with Crippen LogP contribution in [0.5, 0.6) is 5.75 Å². The molecule has 4 aromatic rings. The highest BCUT2D eigenvalue weighted by molar-refractivity contribution is 6.02. The van der Waals surface area contributed by atoms with Gasteiger partial charge in [0.1, 0.15) is 5.75 Å². The molecule has 0 N–H and O–H groups in total. The van der Waals surface area contributed by atoms with E-state index in [9.17, 15) is 4.79 Å². The Hall–Kier alpha value is -3.94. The maximum absolute atomic E-state index is 15.5. The number of hydrogen-bond donors (Lipinski definition) is 0. The van der Waals surface area contributed by atoms with Crippen molar-refractivity contribution in [1.82, 2.24) is 19.3 Å². The van der Waals surface area contributed by atoms with Gasteiger partial charge in [-0.05, 0) is 113 Å². The molecule has 2 aliphatic carbocycles. The van der Waals surface area contributed by atoms with Crippen molar-refractivity contribution in [3.63, 3.8) is 0 Å². The van der Waals surface area contributed by atoms with Crippen LogP contribution in [0, 0.1) is 5.41 Å². The summed E-state index contributed by atoms with van der Waals surface area (Å²) < 4.78 is 8.34. The maximum Gasteiger partial charge on any atom is 0.231 e. The van der Waals surface area contributed by atoms with Crippen LogP contribution in [0.1, 0.15) is 110 Å². The van der Waals surface area contributed by atoms with Crippen LogP contribution in [0.2, 0.25) is 0 Å². The van der Waals surface area contributed by atoms with Gasteiger partial charge >= 0.3 is 0 Å². The molecule has 4 unspecified atom stereocenters. The number of piperidine rings is 1. The van der Waals surface area contributed by atoms with Crippen LogP contribution in [0.15, 0.2) is 66.7 Å². The average molecular weight is 713 g/mol. The van der Waals surface area contributed by atoms with E-state index < -0.39 is 5.41 Å². The van der Waals surface area contributed by atoms with Crippen LogP contribution in [0.25, 0.3) is 22.2 Å². The molecule has 3 aromatic carbocycles. The molecule has 4 fully saturated rings. The number of nitrogens with zero attached hydrogens (tertiary/aromatic N) is 4. The summed E-state index contributed by atoms with van der Waals surface area (Å²) in [5.74, 6) is 1.93. The van der Waals surface area contributed by atoms with Crippen molar-refractivity contribution in [3.8, 4) is 17.0 Å². The molecule has 2 bridgehead atoms. The first-order valence-corrected chi connectivity index (χ1v) is 20.4. The smallest absolute Gasteiger partial charge is 0.231 e. The molecule has 4 heterocycles. The molecule has 2 saturated carbocycles. The lowest BCUT2D eigenvalue weighted by Crippen LogP contribution is -2.55. The standard InChI is InChI=1S/C46H56N4O3/c1-30(51)33-15-19-39-42(23-33)49-29-46(27-41(46)40-26-37(53-4)18-20-38(40)44(49)43(39)32-13-9-6-10-14-32)45(52)50-34-16-17-35(50)25-36(24-34)48(22-21-47(2)3)28-31-11-7-5-8-12-31/h5,7-8,11-12,15,18-20,23,26,32,34-36,41H,6,9-10,13-14,16-17,21-22,24-25,27-29H2,1-4H3. The average Bonchev–Trinajstić information content (AvgIpc) is 3.77. The zero-order valence-electron chi connectivity index (χ0n) is 32.2. The van der Waals surface area contributed by atoms with E-state index in [1.807, 2.05) is 6.07 Å². The Labute approximate surface area is 315 Å². The number of hydrogen-bond acceptors (Lipinski definition) is 5. The molecule has 1 aromatic heterocycles. The van der Waals surface area contributed by atoms with Gasteiger partial charge in [0.15, 0.2) is 5.78 Å². The third-order valence-electron chi connectivity index (χ3n) is 13.9. The maximum atomic E-state index is 15.5. The Morgan fingerprint density at radius 2 is 1.64 bits per heavy atom. The zero-order chi connectivity index (χ0) is 36.4. The van der Waals surface area contributed by atoms with E-state index in [1.54, 1.807) is 14.0 Å². The number of fused-ring (bicyclic) bond motifs is 9. The molecule has 9 rings (SSSR count). The van der Waals surface area contributed by atoms with Gasteiger partial charge in [0.05, 0.1) is 18.2 Å². The largest absolute Gasteiger partial charge is 0.497 e. The van der Waals surface area contributed by atoms with Gasteiger partial charge in [-0.15, -0.1) is 0 Å². The highest BCUT2D eigenvalue weighted by Crippen LogP contribution is 2.67. The van der Waals surface area contributed by atoms with Crippen molar-refractivity contribution < 1.29 is 14.3 Å². The van der Waals surface area contributed by atoms with Gasteiger partial charge < -0.3 is 19.1 Å². The van der Waals surface area contributed by atoms with E-state index in [0.717, 1.165) is 68.6 Å². The summed E-state index contributed by atoms with van der Waals surface area (Å²) in [5, 5.41) is 1.26. The fraction of sp³-hybridized carbons (Fsp3) is 0.522. The van der Waals surface area contributed by atoms with Gasteiger partial charge in [-0.1, -0.05) is 61.7 Å². The molecular weight excluding hydrogens is 657 g/mol. The molecule has 278 valence electrons. The van der Waals surface area contributed by atoms with Gasteiger partial charge in [0.25, 0.3) is 0 Å². The summed E-state index contributed by atoms with van der Waals surface area (Å²) in [6, 6.07) is 24.9. The number of carbonyl (C=O) groups excluding carboxylic acids is 2. The van der Waals surface area contributed by atoms with Crippen LogP contribution in [-0.4, -0.2) is 83.4 Å². The van der Waals surface area contributed by atoms with Crippen molar-refractivity contribution in [3.05, 3.63) is 89.0 Å². The van der Waals surface area contributed by atoms with Gasteiger partial charge in [-0.2, -0.15) is 0 Å². The summed E-state index contributed by atoms with van der Waals surface area (Å²) in [6.07, 6.45) is 11.3. The lowest BCUT2D eigenvalue weighted by molar-refractivity contribution is -0.143. The third-order valence-corrected chi connectivity index (χ3v) is 13.9. The first kappa shape index (κ1) is 34.8. The van der Waals surface area contributed by atoms with Crippen LogP contribution in [0.3, 0.4) is 0 Å². The van der Waals surface area contributed by atoms with Crippen molar-refractivity contribution in [2.75, 3.05) is 34.3 Å². The lowest BCUT2D eigenvalue weighted by Gasteiger charge is -2.45. The first-order chi connectivity index (χ1) is 25.8. The number of likely N-dealkylation sites (N-methyl/N-ethyl adjacent to an activating group) is 1. The van der Waals surface area contributed by atoms with Crippen molar-refractivity contribution in [2.45, 2.75) is 114 Å². The molecule has 53 heavy (non-hydrogen) atoms. The monoisotopic (exact) mass is 712 g/mol. The topological polar surface area (TPSA) is 58.0 Å². The van der Waals surface area contributed by atoms with Gasteiger partial charge in [0, 0.05) is 72.3 Å². The summed E-state index contributed by atoms with van der Waals surface area (Å²) in [4.78, 5) is 35.7. The number of Topliss-reactive ketones (excluding diaryl/α,β-unsaturated/α-hetero) is 1. The first-order valence-electron chi connectivity index (χ1n) is 20.4. The van der Waals surface area contributed by atoms with Gasteiger partial charge in [-0.25, -0.2) is 0 Å². The van der Waals surface area contributed by atoms with Gasteiger partial charge in [0.2, 0.25) is 5.91 Å². The predicted octanol–water partition coefficient (Wildman–Crippen LogP) is 8.64. The number of ketones is 1. The molecule has 7 nitrogen and oxygen atoms in total. The number of aromatic nitrogens is 1. The van der Waals surface area contributed by atoms with E-state index in [4.69, 9.17) is 4.74 Å². The molecular formula is C46H56N4O3. The number of benzene rings is 3. The molecule has 0 radical (unpaired) electrons. The number of amides is 1. The molecule has 2 saturated heterocycles. The number of ether oxygens (including phenoxy) is 1. The second-order valence-electron chi connectivity index (χ2n) is 17.3. The molecule has 4 atom stereocenters. The molecule has 1 amide bonds. The normalized spacial score (nSPS) is 26.3. The minimum atomic E-state index is -0.503. The minimum absolute atomic E-state index is 0.0850. The third kappa shape index (κ3) is 6.03. The second-order valence-corrected chi connectivity index (χ2v) is 17.3. The van der Waals surface area contributed by atoms with Crippen LogP contribution >= 0.6 is 0 Å². The Kier molecular flexibility index (Phi) is 9.01. The Morgan fingerprint density at radius 1 is 0.887 bits per heavy atom. The van der Waals surface area contributed by atoms with E-state index in [2.05, 4.69) is 94.0 Å². The van der Waals surface area contributed by atoms with Crippen LogP contribution in [0.4, 0.5) is 0 Å². The molecule has 5 aliphatic rings.